The summed E-state index contributed by atoms with van der Waals surface area (Å²) < 4.78 is 1.11. The number of halogens is 1. The van der Waals surface area contributed by atoms with Crippen molar-refractivity contribution in [2.24, 2.45) is 0 Å². The highest BCUT2D eigenvalue weighted by atomic mass is 79.9. The third-order valence-corrected chi connectivity index (χ3v) is 4.19. The molecule has 1 saturated heterocycles. The minimum Gasteiger partial charge on any atom is -0.366 e. The van der Waals surface area contributed by atoms with Gasteiger partial charge in [0, 0.05) is 23.2 Å². The molecule has 1 atom stereocenters. The van der Waals surface area contributed by atoms with E-state index in [0.717, 1.165) is 30.5 Å². The maximum absolute atomic E-state index is 9.07. The average Bonchev–Trinajstić information content (AvgIpc) is 2.52. The van der Waals surface area contributed by atoms with Gasteiger partial charge < -0.3 is 9.80 Å². The van der Waals surface area contributed by atoms with Gasteiger partial charge in [-0.1, -0.05) is 15.9 Å². The number of hydrogen-bond acceptors (Lipinski definition) is 3. The van der Waals surface area contributed by atoms with E-state index in [9.17, 15) is 0 Å². The van der Waals surface area contributed by atoms with Crippen LogP contribution in [-0.4, -0.2) is 37.6 Å². The van der Waals surface area contributed by atoms with E-state index in [-0.39, 0.29) is 6.04 Å². The summed E-state index contributed by atoms with van der Waals surface area (Å²) in [6.45, 7) is 5.23. The van der Waals surface area contributed by atoms with E-state index in [0.29, 0.717) is 6.42 Å². The summed E-state index contributed by atoms with van der Waals surface area (Å²) in [5.41, 5.74) is 2.53. The molecule has 3 nitrogen and oxygen atoms in total. The predicted octanol–water partition coefficient (Wildman–Crippen LogP) is 3.18. The molecule has 0 amide bonds. The quantitative estimate of drug-likeness (QED) is 0.838. The van der Waals surface area contributed by atoms with Crippen molar-refractivity contribution in [3.8, 4) is 6.07 Å². The molecule has 1 fully saturated rings. The minimum absolute atomic E-state index is 0.289. The molecule has 0 spiro atoms. The largest absolute Gasteiger partial charge is 0.366 e. The lowest BCUT2D eigenvalue weighted by molar-refractivity contribution is 0.332. The van der Waals surface area contributed by atoms with Gasteiger partial charge in [0.2, 0.25) is 0 Å². The van der Waals surface area contributed by atoms with Gasteiger partial charge in [0.15, 0.2) is 0 Å². The Labute approximate surface area is 123 Å². The molecule has 1 aromatic carbocycles. The Hall–Kier alpha value is -1.05. The molecule has 0 aliphatic carbocycles. The van der Waals surface area contributed by atoms with Crippen molar-refractivity contribution in [1.29, 1.82) is 5.26 Å². The van der Waals surface area contributed by atoms with Crippen molar-refractivity contribution in [2.75, 3.05) is 31.6 Å². The smallest absolute Gasteiger partial charge is 0.0643 e. The zero-order valence-corrected chi connectivity index (χ0v) is 13.2. The van der Waals surface area contributed by atoms with E-state index >= 15 is 0 Å². The third-order valence-electron chi connectivity index (χ3n) is 3.70. The van der Waals surface area contributed by atoms with Crippen LogP contribution >= 0.6 is 15.9 Å². The van der Waals surface area contributed by atoms with Crippen LogP contribution in [0, 0.1) is 18.3 Å². The number of likely N-dealkylation sites (N-methyl/N-ethyl adjacent to an activating group) is 1. The first-order chi connectivity index (χ1) is 9.11. The zero-order valence-electron chi connectivity index (χ0n) is 11.6. The fraction of sp³-hybridized carbons (Fsp3) is 0.533. The Balaban J connectivity index is 2.30. The van der Waals surface area contributed by atoms with Gasteiger partial charge in [0.25, 0.3) is 0 Å². The highest BCUT2D eigenvalue weighted by molar-refractivity contribution is 9.10. The second kappa shape index (κ2) is 6.40. The molecule has 1 aromatic rings. The number of nitrogens with zero attached hydrogens (tertiary/aromatic N) is 3. The minimum atomic E-state index is 0.289. The van der Waals surface area contributed by atoms with Crippen LogP contribution in [0.2, 0.25) is 0 Å². The third kappa shape index (κ3) is 3.49. The van der Waals surface area contributed by atoms with Crippen LogP contribution in [0.3, 0.4) is 0 Å². The van der Waals surface area contributed by atoms with E-state index in [4.69, 9.17) is 5.26 Å². The molecule has 0 aromatic heterocycles. The lowest BCUT2D eigenvalue weighted by Crippen LogP contribution is -2.40. The molecule has 0 bridgehead atoms. The predicted molar refractivity (Wildman–Crippen MR) is 82.4 cm³/mol. The second-order valence-electron chi connectivity index (χ2n) is 5.26. The molecule has 2 rings (SSSR count). The van der Waals surface area contributed by atoms with Crippen LogP contribution in [-0.2, 0) is 0 Å². The van der Waals surface area contributed by atoms with E-state index in [1.54, 1.807) is 0 Å². The van der Waals surface area contributed by atoms with Crippen LogP contribution in [0.1, 0.15) is 18.4 Å². The maximum atomic E-state index is 9.07. The summed E-state index contributed by atoms with van der Waals surface area (Å²) in [5.74, 6) is 0. The fourth-order valence-electron chi connectivity index (χ4n) is 2.78. The van der Waals surface area contributed by atoms with Crippen LogP contribution in [0.5, 0.6) is 0 Å². The normalized spacial score (nSPS) is 20.9. The first-order valence-corrected chi connectivity index (χ1v) is 7.49. The summed E-state index contributed by atoms with van der Waals surface area (Å²) in [7, 11) is 2.14. The Morgan fingerprint density at radius 1 is 1.42 bits per heavy atom. The molecule has 0 saturated carbocycles. The molecule has 102 valence electrons. The summed E-state index contributed by atoms with van der Waals surface area (Å²) in [6, 6.07) is 9.02. The van der Waals surface area contributed by atoms with Crippen molar-refractivity contribution >= 4 is 21.6 Å². The molecule has 19 heavy (non-hydrogen) atoms. The highest BCUT2D eigenvalue weighted by Crippen LogP contribution is 2.27. The van der Waals surface area contributed by atoms with Crippen LogP contribution in [0.4, 0.5) is 5.69 Å². The van der Waals surface area contributed by atoms with Gasteiger partial charge in [-0.25, -0.2) is 0 Å². The van der Waals surface area contributed by atoms with E-state index in [2.05, 4.69) is 64.0 Å². The van der Waals surface area contributed by atoms with Crippen molar-refractivity contribution in [2.45, 2.75) is 25.8 Å². The van der Waals surface area contributed by atoms with Crippen molar-refractivity contribution in [3.05, 3.63) is 28.2 Å². The number of rotatable bonds is 2. The lowest BCUT2D eigenvalue weighted by atomic mass is 10.1. The van der Waals surface area contributed by atoms with Gasteiger partial charge in [-0.15, -0.1) is 0 Å². The van der Waals surface area contributed by atoms with E-state index in [1.807, 2.05) is 0 Å². The maximum Gasteiger partial charge on any atom is 0.0643 e. The Kier molecular flexibility index (Phi) is 4.84. The van der Waals surface area contributed by atoms with Gasteiger partial charge >= 0.3 is 0 Å². The molecule has 1 aliphatic rings. The zero-order chi connectivity index (χ0) is 13.8. The molecule has 0 radical (unpaired) electrons. The number of benzene rings is 1. The molecular formula is C15H20BrN3. The van der Waals surface area contributed by atoms with Crippen molar-refractivity contribution in [3.63, 3.8) is 0 Å². The van der Waals surface area contributed by atoms with Crippen molar-refractivity contribution in [1.82, 2.24) is 4.90 Å². The first-order valence-electron chi connectivity index (χ1n) is 6.70. The second-order valence-corrected chi connectivity index (χ2v) is 6.17. The van der Waals surface area contributed by atoms with Gasteiger partial charge in [0.1, 0.15) is 0 Å². The summed E-state index contributed by atoms with van der Waals surface area (Å²) in [6.07, 6.45) is 1.73. The van der Waals surface area contributed by atoms with E-state index in [1.165, 1.54) is 11.3 Å². The molecule has 1 unspecified atom stereocenters. The van der Waals surface area contributed by atoms with Crippen LogP contribution < -0.4 is 4.90 Å². The van der Waals surface area contributed by atoms with Gasteiger partial charge in [0.05, 0.1) is 18.5 Å². The molecular weight excluding hydrogens is 302 g/mol. The summed E-state index contributed by atoms with van der Waals surface area (Å²) >= 11 is 3.51. The molecule has 0 N–H and O–H groups in total. The van der Waals surface area contributed by atoms with Crippen LogP contribution in [0.15, 0.2) is 22.7 Å². The van der Waals surface area contributed by atoms with Crippen LogP contribution in [0.25, 0.3) is 0 Å². The SMILES string of the molecule is Cc1cc(Br)ccc1N1CCCN(C)CC1CC#N. The Morgan fingerprint density at radius 2 is 2.21 bits per heavy atom. The lowest BCUT2D eigenvalue weighted by Gasteiger charge is -2.32. The number of anilines is 1. The topological polar surface area (TPSA) is 30.3 Å². The first kappa shape index (κ1) is 14.4. The molecule has 4 heteroatoms. The van der Waals surface area contributed by atoms with Gasteiger partial charge in [-0.05, 0) is 50.7 Å². The number of aryl methyl sites for hydroxylation is 1. The fourth-order valence-corrected chi connectivity index (χ4v) is 3.26. The Morgan fingerprint density at radius 3 is 2.89 bits per heavy atom. The average molecular weight is 322 g/mol. The number of nitriles is 1. The highest BCUT2D eigenvalue weighted by Gasteiger charge is 2.24. The standard InChI is InChI=1S/C15H20BrN3/c1-12-10-13(16)4-5-15(12)19-9-3-8-18(2)11-14(19)6-7-17/h4-5,10,14H,3,6,8-9,11H2,1-2H3. The summed E-state index contributed by atoms with van der Waals surface area (Å²) in [5, 5.41) is 9.07. The molecule has 1 aliphatic heterocycles. The number of hydrogen-bond donors (Lipinski definition) is 0. The van der Waals surface area contributed by atoms with Gasteiger partial charge in [-0.3, -0.25) is 0 Å². The van der Waals surface area contributed by atoms with Gasteiger partial charge in [-0.2, -0.15) is 5.26 Å². The van der Waals surface area contributed by atoms with Crippen molar-refractivity contribution < 1.29 is 0 Å². The molecule has 1 heterocycles. The Bertz CT molecular complexity index is 481. The monoisotopic (exact) mass is 321 g/mol. The van der Waals surface area contributed by atoms with E-state index < -0.39 is 0 Å². The summed E-state index contributed by atoms with van der Waals surface area (Å²) in [4.78, 5) is 4.74.